The van der Waals surface area contributed by atoms with E-state index in [4.69, 9.17) is 0 Å². The van der Waals surface area contributed by atoms with Crippen LogP contribution in [0.3, 0.4) is 0 Å². The first-order chi connectivity index (χ1) is 7.82. The lowest BCUT2D eigenvalue weighted by Crippen LogP contribution is -2.11. The van der Waals surface area contributed by atoms with Gasteiger partial charge in [-0.1, -0.05) is 11.8 Å². The van der Waals surface area contributed by atoms with Gasteiger partial charge in [0.15, 0.2) is 5.16 Å². The lowest BCUT2D eigenvalue weighted by Gasteiger charge is -2.08. The first-order valence-corrected chi connectivity index (χ1v) is 5.44. The summed E-state index contributed by atoms with van der Waals surface area (Å²) in [4.78, 5) is 18.0. The molecule has 0 radical (unpaired) electrons. The molecule has 0 saturated heterocycles. The molecule has 0 N–H and O–H groups in total. The molecule has 0 aromatic carbocycles. The van der Waals surface area contributed by atoms with E-state index in [0.29, 0.717) is 0 Å². The van der Waals surface area contributed by atoms with E-state index in [9.17, 15) is 18.0 Å². The maximum atomic E-state index is 12.4. The zero-order valence-electron chi connectivity index (χ0n) is 9.04. The molecule has 0 bridgehead atoms. The number of methoxy groups -OCH3 is 1. The number of carbonyl (C=O) groups is 1. The number of ether oxygens (including phenoxy) is 1. The summed E-state index contributed by atoms with van der Waals surface area (Å²) < 4.78 is 41.6. The van der Waals surface area contributed by atoms with Crippen molar-refractivity contribution in [2.75, 3.05) is 12.9 Å². The average molecular weight is 266 g/mol. The van der Waals surface area contributed by atoms with E-state index < -0.39 is 17.8 Å². The van der Waals surface area contributed by atoms with Crippen LogP contribution in [0.5, 0.6) is 0 Å². The molecule has 0 aliphatic heterocycles. The maximum Gasteiger partial charge on any atom is 0.433 e. The number of rotatable bonds is 3. The highest BCUT2D eigenvalue weighted by Crippen LogP contribution is 2.29. The Morgan fingerprint density at radius 3 is 2.65 bits per heavy atom. The quantitative estimate of drug-likeness (QED) is 0.476. The Labute approximate surface area is 99.6 Å². The van der Waals surface area contributed by atoms with E-state index in [1.807, 2.05) is 0 Å². The molecule has 0 fully saturated rings. The Hall–Kier alpha value is -1.31. The number of alkyl halides is 3. The van der Waals surface area contributed by atoms with Gasteiger partial charge in [0.05, 0.1) is 12.9 Å². The van der Waals surface area contributed by atoms with Crippen molar-refractivity contribution in [3.05, 3.63) is 17.5 Å². The van der Waals surface area contributed by atoms with Gasteiger partial charge >= 0.3 is 12.1 Å². The van der Waals surface area contributed by atoms with Gasteiger partial charge in [-0.15, -0.1) is 0 Å². The highest BCUT2D eigenvalue weighted by atomic mass is 32.2. The van der Waals surface area contributed by atoms with Crippen molar-refractivity contribution < 1.29 is 22.7 Å². The second-order valence-electron chi connectivity index (χ2n) is 3.04. The van der Waals surface area contributed by atoms with Crippen molar-refractivity contribution in [3.8, 4) is 0 Å². The molecule has 94 valence electrons. The topological polar surface area (TPSA) is 52.1 Å². The van der Waals surface area contributed by atoms with Crippen molar-refractivity contribution in [2.45, 2.75) is 18.3 Å². The van der Waals surface area contributed by atoms with E-state index in [2.05, 4.69) is 14.7 Å². The Morgan fingerprint density at radius 2 is 2.12 bits per heavy atom. The summed E-state index contributed by atoms with van der Waals surface area (Å²) in [6.07, 6.45) is -4.52. The lowest BCUT2D eigenvalue weighted by molar-refractivity contribution is -0.141. The zero-order chi connectivity index (χ0) is 13.1. The predicted molar refractivity (Wildman–Crippen MR) is 54.5 cm³/mol. The third kappa shape index (κ3) is 4.22. The molecular weight excluding hydrogens is 257 g/mol. The van der Waals surface area contributed by atoms with Gasteiger partial charge in [-0.05, 0) is 13.0 Å². The zero-order valence-corrected chi connectivity index (χ0v) is 9.85. The van der Waals surface area contributed by atoms with Gasteiger partial charge in [0.25, 0.3) is 0 Å². The fraction of sp³-hybridized carbons (Fsp3) is 0.444. The van der Waals surface area contributed by atoms with Crippen LogP contribution < -0.4 is 0 Å². The van der Waals surface area contributed by atoms with Crippen molar-refractivity contribution in [2.24, 2.45) is 0 Å². The fourth-order valence-corrected chi connectivity index (χ4v) is 1.67. The number of esters is 1. The van der Waals surface area contributed by atoms with Gasteiger partial charge in [0.1, 0.15) is 5.69 Å². The molecule has 0 aliphatic carbocycles. The molecule has 4 nitrogen and oxygen atoms in total. The van der Waals surface area contributed by atoms with E-state index in [-0.39, 0.29) is 16.6 Å². The lowest BCUT2D eigenvalue weighted by atomic mass is 10.3. The first kappa shape index (κ1) is 13.8. The monoisotopic (exact) mass is 266 g/mol. The van der Waals surface area contributed by atoms with Crippen LogP contribution in [0.4, 0.5) is 13.2 Å². The second-order valence-corrected chi connectivity index (χ2v) is 3.98. The Bertz CT molecular complexity index is 423. The smallest absolute Gasteiger partial charge is 0.433 e. The minimum atomic E-state index is -4.52. The number of carbonyl (C=O) groups excluding carboxylic acids is 1. The molecule has 0 atom stereocenters. The van der Waals surface area contributed by atoms with Crippen LogP contribution in [0.15, 0.2) is 11.2 Å². The highest BCUT2D eigenvalue weighted by molar-refractivity contribution is 7.99. The average Bonchev–Trinajstić information content (AvgIpc) is 2.24. The van der Waals surface area contributed by atoms with Crippen LogP contribution >= 0.6 is 11.8 Å². The van der Waals surface area contributed by atoms with Crippen LogP contribution in [-0.2, 0) is 15.7 Å². The third-order valence-corrected chi connectivity index (χ3v) is 2.49. The van der Waals surface area contributed by atoms with Crippen LogP contribution in [0.25, 0.3) is 0 Å². The molecule has 1 aromatic heterocycles. The minimum Gasteiger partial charge on any atom is -0.468 e. The highest BCUT2D eigenvalue weighted by Gasteiger charge is 2.33. The summed E-state index contributed by atoms with van der Waals surface area (Å²) in [5.41, 5.74) is -0.822. The molecule has 1 rings (SSSR count). The van der Waals surface area contributed by atoms with Gasteiger partial charge in [0.2, 0.25) is 0 Å². The SMILES string of the molecule is COC(=O)CSc1nc(C)cc(C(F)(F)F)n1. The standard InChI is InChI=1S/C9H9F3N2O2S/c1-5-3-6(9(10,11)12)14-8(13-5)17-4-7(15)16-2/h3H,4H2,1-2H3. The molecule has 0 unspecified atom stereocenters. The summed E-state index contributed by atoms with van der Waals surface area (Å²) in [5, 5.41) is -0.0947. The normalized spacial score (nSPS) is 11.4. The number of nitrogens with zero attached hydrogens (tertiary/aromatic N) is 2. The van der Waals surface area contributed by atoms with E-state index in [1.165, 1.54) is 14.0 Å². The molecule has 1 aromatic rings. The Kier molecular flexibility index (Phi) is 4.33. The molecule has 0 aliphatic rings. The largest absolute Gasteiger partial charge is 0.468 e. The van der Waals surface area contributed by atoms with Gasteiger partial charge in [-0.25, -0.2) is 9.97 Å². The third-order valence-electron chi connectivity index (χ3n) is 1.67. The summed E-state index contributed by atoms with van der Waals surface area (Å²) in [7, 11) is 1.20. The number of aromatic nitrogens is 2. The summed E-state index contributed by atoms with van der Waals surface area (Å²) in [6.45, 7) is 1.43. The Morgan fingerprint density at radius 1 is 1.47 bits per heavy atom. The molecule has 8 heteroatoms. The van der Waals surface area contributed by atoms with Gasteiger partial charge in [-0.3, -0.25) is 4.79 Å². The predicted octanol–water partition coefficient (Wildman–Crippen LogP) is 2.07. The fourth-order valence-electron chi connectivity index (χ4n) is 0.933. The van der Waals surface area contributed by atoms with E-state index in [1.54, 1.807) is 0 Å². The molecular formula is C9H9F3N2O2S. The van der Waals surface area contributed by atoms with Crippen LogP contribution in [0.2, 0.25) is 0 Å². The maximum absolute atomic E-state index is 12.4. The number of hydrogen-bond acceptors (Lipinski definition) is 5. The van der Waals surface area contributed by atoms with Gasteiger partial charge in [-0.2, -0.15) is 13.2 Å². The second kappa shape index (κ2) is 5.35. The molecule has 0 saturated carbocycles. The number of hydrogen-bond donors (Lipinski definition) is 0. The summed E-state index contributed by atoms with van der Waals surface area (Å²) in [6, 6.07) is 0.849. The van der Waals surface area contributed by atoms with Crippen molar-refractivity contribution >= 4 is 17.7 Å². The van der Waals surface area contributed by atoms with Crippen LogP contribution in [0.1, 0.15) is 11.4 Å². The number of thioether (sulfide) groups is 1. The minimum absolute atomic E-state index is 0.0947. The molecule has 0 spiro atoms. The summed E-state index contributed by atoms with van der Waals surface area (Å²) >= 11 is 0.801. The molecule has 1 heterocycles. The molecule has 17 heavy (non-hydrogen) atoms. The Balaban J connectivity index is 2.87. The van der Waals surface area contributed by atoms with Crippen molar-refractivity contribution in [1.82, 2.24) is 9.97 Å². The molecule has 0 amide bonds. The van der Waals surface area contributed by atoms with Crippen molar-refractivity contribution in [1.29, 1.82) is 0 Å². The van der Waals surface area contributed by atoms with Gasteiger partial charge < -0.3 is 4.74 Å². The van der Waals surface area contributed by atoms with Crippen molar-refractivity contribution in [3.63, 3.8) is 0 Å². The number of aryl methyl sites for hydroxylation is 1. The first-order valence-electron chi connectivity index (χ1n) is 4.45. The van der Waals surface area contributed by atoms with Gasteiger partial charge in [0, 0.05) is 5.69 Å². The van der Waals surface area contributed by atoms with E-state index >= 15 is 0 Å². The van der Waals surface area contributed by atoms with Crippen LogP contribution in [0, 0.1) is 6.92 Å². The van der Waals surface area contributed by atoms with E-state index in [0.717, 1.165) is 17.8 Å². The number of halogens is 3. The van der Waals surface area contributed by atoms with Crippen LogP contribution in [-0.4, -0.2) is 28.8 Å². The summed E-state index contributed by atoms with van der Waals surface area (Å²) in [5.74, 6) is -0.675.